The van der Waals surface area contributed by atoms with Crippen LogP contribution in [-0.2, 0) is 10.3 Å². The van der Waals surface area contributed by atoms with Crippen molar-refractivity contribution in [2.75, 3.05) is 18.0 Å². The third kappa shape index (κ3) is 5.72. The van der Waals surface area contributed by atoms with Gasteiger partial charge >= 0.3 is 0 Å². The Kier molecular flexibility index (Phi) is 7.20. The van der Waals surface area contributed by atoms with Gasteiger partial charge in [0.05, 0.1) is 40.9 Å². The number of rotatable bonds is 6. The molecule has 0 unspecified atom stereocenters. The molecule has 4 aromatic heterocycles. The maximum absolute atomic E-state index is 12.9. The van der Waals surface area contributed by atoms with Crippen LogP contribution in [0.1, 0.15) is 68.3 Å². The van der Waals surface area contributed by atoms with Crippen LogP contribution in [0.3, 0.4) is 0 Å². The topological polar surface area (TPSA) is 136 Å². The molecule has 5 heterocycles. The number of amides is 1. The molecule has 1 aromatic carbocycles. The monoisotopic (exact) mass is 578 g/mol. The lowest BCUT2D eigenvalue weighted by atomic mass is 9.98. The van der Waals surface area contributed by atoms with Crippen molar-refractivity contribution in [2.24, 2.45) is 0 Å². The largest absolute Gasteiger partial charge is 0.356 e. The quantitative estimate of drug-likeness (QED) is 0.315. The van der Waals surface area contributed by atoms with Gasteiger partial charge in [-0.1, -0.05) is 12.1 Å². The fourth-order valence-corrected chi connectivity index (χ4v) is 5.23. The van der Waals surface area contributed by atoms with Crippen molar-refractivity contribution in [1.29, 1.82) is 0 Å². The molecule has 1 amide bonds. The lowest BCUT2D eigenvalue weighted by molar-refractivity contribution is -0.119. The number of hydrogen-bond donors (Lipinski definition) is 1. The summed E-state index contributed by atoms with van der Waals surface area (Å²) < 4.78 is 1.83. The molecule has 0 aliphatic carbocycles. The fraction of sp³-hybridized carbons (Fsp3) is 0.355. The predicted molar refractivity (Wildman–Crippen MR) is 162 cm³/mol. The van der Waals surface area contributed by atoms with E-state index in [1.165, 1.54) is 4.80 Å². The molecule has 0 radical (unpaired) electrons. The Labute approximate surface area is 249 Å². The molecule has 1 saturated heterocycles. The van der Waals surface area contributed by atoms with Crippen molar-refractivity contribution >= 4 is 23.0 Å². The zero-order valence-corrected chi connectivity index (χ0v) is 24.9. The number of nitrogens with one attached hydrogen (secondary N) is 1. The van der Waals surface area contributed by atoms with Gasteiger partial charge in [-0.2, -0.15) is 9.90 Å². The van der Waals surface area contributed by atoms with E-state index in [1.807, 2.05) is 81.9 Å². The molecule has 43 heavy (non-hydrogen) atoms. The molecule has 0 saturated carbocycles. The number of hydrogen-bond acceptors (Lipinski definition) is 9. The van der Waals surface area contributed by atoms with E-state index in [9.17, 15) is 9.59 Å². The molecule has 1 aliphatic rings. The van der Waals surface area contributed by atoms with E-state index in [1.54, 1.807) is 6.20 Å². The number of benzene rings is 1. The zero-order chi connectivity index (χ0) is 30.3. The van der Waals surface area contributed by atoms with Crippen LogP contribution in [0.5, 0.6) is 0 Å². The van der Waals surface area contributed by atoms with Gasteiger partial charge in [-0.25, -0.2) is 14.5 Å². The Balaban J connectivity index is 1.24. The molecule has 6 rings (SSSR count). The number of carbonyl (C=O) groups excluding carboxylic acids is 2. The normalized spacial score (nSPS) is 14.7. The number of aryl methyl sites for hydroxylation is 1. The standard InChI is InChI=1S/C31H34N10O2/c1-19-16-21(6-8-24(19)20(2)34-30(43)29-36-38-41(37-29)31(3,4)5)28-26-10-13-33-40(26)18-25(35-28)22-7-9-27(32-17-22)39-14-11-23(42)12-15-39/h6-10,13,16-18,20H,11-12,14-15H2,1-5H3,(H,34,43)/t20-/m1/s1. The Bertz CT molecular complexity index is 1810. The molecule has 12 nitrogen and oxygen atoms in total. The number of anilines is 1. The number of nitrogens with zero attached hydrogens (tertiary/aromatic N) is 9. The molecular weight excluding hydrogens is 544 g/mol. The summed E-state index contributed by atoms with van der Waals surface area (Å²) in [7, 11) is 0. The van der Waals surface area contributed by atoms with Gasteiger partial charge in [-0.15, -0.1) is 10.2 Å². The van der Waals surface area contributed by atoms with Gasteiger partial charge in [-0.05, 0) is 75.2 Å². The van der Waals surface area contributed by atoms with Gasteiger partial charge in [0.15, 0.2) is 0 Å². The second kappa shape index (κ2) is 11.0. The highest BCUT2D eigenvalue weighted by Crippen LogP contribution is 2.30. The first-order valence-corrected chi connectivity index (χ1v) is 14.4. The highest BCUT2D eigenvalue weighted by atomic mass is 16.2. The van der Waals surface area contributed by atoms with Crippen molar-refractivity contribution in [2.45, 2.75) is 59.0 Å². The molecular formula is C31H34N10O2. The van der Waals surface area contributed by atoms with Crippen molar-refractivity contribution in [3.05, 3.63) is 71.9 Å². The van der Waals surface area contributed by atoms with Crippen molar-refractivity contribution in [3.8, 4) is 22.5 Å². The molecule has 1 atom stereocenters. The van der Waals surface area contributed by atoms with Crippen LogP contribution in [0, 0.1) is 6.92 Å². The van der Waals surface area contributed by atoms with E-state index < -0.39 is 0 Å². The molecule has 12 heteroatoms. The van der Waals surface area contributed by atoms with Crippen LogP contribution in [0.4, 0.5) is 5.82 Å². The first kappa shape index (κ1) is 28.1. The fourth-order valence-electron chi connectivity index (χ4n) is 5.23. The van der Waals surface area contributed by atoms with E-state index in [0.717, 1.165) is 45.0 Å². The van der Waals surface area contributed by atoms with Crippen LogP contribution in [0.15, 0.2) is 55.0 Å². The lowest BCUT2D eigenvalue weighted by Crippen LogP contribution is -2.34. The first-order valence-electron chi connectivity index (χ1n) is 14.4. The number of tetrazole rings is 1. The van der Waals surface area contributed by atoms with E-state index in [4.69, 9.17) is 4.98 Å². The smallest absolute Gasteiger partial charge is 0.293 e. The molecule has 0 bridgehead atoms. The second-order valence-electron chi connectivity index (χ2n) is 11.9. The summed E-state index contributed by atoms with van der Waals surface area (Å²) in [5.41, 5.74) is 5.84. The maximum Gasteiger partial charge on any atom is 0.293 e. The summed E-state index contributed by atoms with van der Waals surface area (Å²) in [4.78, 5) is 37.8. The average Bonchev–Trinajstić information content (AvgIpc) is 3.68. The zero-order valence-electron chi connectivity index (χ0n) is 24.9. The van der Waals surface area contributed by atoms with Crippen molar-refractivity contribution in [3.63, 3.8) is 0 Å². The van der Waals surface area contributed by atoms with Gasteiger partial charge in [0.2, 0.25) is 0 Å². The molecule has 1 aliphatic heterocycles. The van der Waals surface area contributed by atoms with Gasteiger partial charge in [0.25, 0.3) is 11.7 Å². The Hall–Kier alpha value is -5.00. The number of aromatic nitrogens is 8. The van der Waals surface area contributed by atoms with Crippen molar-refractivity contribution < 1.29 is 9.59 Å². The molecule has 1 N–H and O–H groups in total. The third-order valence-electron chi connectivity index (χ3n) is 7.65. The lowest BCUT2D eigenvalue weighted by Gasteiger charge is -2.27. The van der Waals surface area contributed by atoms with E-state index in [0.29, 0.717) is 31.7 Å². The number of piperidine rings is 1. The van der Waals surface area contributed by atoms with Gasteiger partial charge < -0.3 is 10.2 Å². The van der Waals surface area contributed by atoms with Crippen LogP contribution < -0.4 is 10.2 Å². The average molecular weight is 579 g/mol. The van der Waals surface area contributed by atoms with E-state index >= 15 is 0 Å². The minimum absolute atomic E-state index is 0.0359. The second-order valence-corrected chi connectivity index (χ2v) is 11.9. The summed E-state index contributed by atoms with van der Waals surface area (Å²) in [5, 5.41) is 19.7. The minimum Gasteiger partial charge on any atom is -0.356 e. The van der Waals surface area contributed by atoms with Crippen LogP contribution >= 0.6 is 0 Å². The predicted octanol–water partition coefficient (Wildman–Crippen LogP) is 4.17. The molecule has 0 spiro atoms. The first-order chi connectivity index (χ1) is 20.6. The number of ketones is 1. The van der Waals surface area contributed by atoms with Crippen LogP contribution in [0.2, 0.25) is 0 Å². The maximum atomic E-state index is 12.9. The highest BCUT2D eigenvalue weighted by Gasteiger charge is 2.23. The molecule has 220 valence electrons. The Morgan fingerprint density at radius 2 is 1.81 bits per heavy atom. The van der Waals surface area contributed by atoms with E-state index in [2.05, 4.69) is 41.8 Å². The Morgan fingerprint density at radius 1 is 1.05 bits per heavy atom. The summed E-state index contributed by atoms with van der Waals surface area (Å²) >= 11 is 0. The molecule has 5 aromatic rings. The number of fused-ring (bicyclic) bond motifs is 1. The summed E-state index contributed by atoms with van der Waals surface area (Å²) in [5.74, 6) is 0.821. The minimum atomic E-state index is -0.379. The summed E-state index contributed by atoms with van der Waals surface area (Å²) in [6.45, 7) is 11.2. The summed E-state index contributed by atoms with van der Waals surface area (Å²) in [6, 6.07) is 11.7. The number of pyridine rings is 1. The van der Waals surface area contributed by atoms with Crippen LogP contribution in [0.25, 0.3) is 28.0 Å². The van der Waals surface area contributed by atoms with E-state index in [-0.39, 0.29) is 23.3 Å². The third-order valence-corrected chi connectivity index (χ3v) is 7.65. The van der Waals surface area contributed by atoms with Gasteiger partial charge in [0, 0.05) is 43.3 Å². The van der Waals surface area contributed by atoms with Crippen LogP contribution in [-0.4, -0.2) is 64.6 Å². The molecule has 1 fully saturated rings. The number of carbonyl (C=O) groups is 2. The summed E-state index contributed by atoms with van der Waals surface area (Å²) in [6.07, 6.45) is 6.60. The highest BCUT2D eigenvalue weighted by molar-refractivity contribution is 5.90. The Morgan fingerprint density at radius 3 is 2.49 bits per heavy atom. The van der Waals surface area contributed by atoms with Gasteiger partial charge in [0.1, 0.15) is 11.6 Å². The number of Topliss-reactive ketones (excluding diaryl/α,β-unsaturated/α-hetero) is 1. The van der Waals surface area contributed by atoms with Crippen molar-refractivity contribution in [1.82, 2.24) is 45.1 Å². The van der Waals surface area contributed by atoms with Gasteiger partial charge in [-0.3, -0.25) is 9.59 Å². The SMILES string of the molecule is Cc1cc(-c2nc(-c3ccc(N4CCC(=O)CC4)nc3)cn3nccc23)ccc1[C@@H](C)NC(=O)c1nnn(C(C)(C)C)n1.